The van der Waals surface area contributed by atoms with Crippen LogP contribution in [0, 0.1) is 5.92 Å². The van der Waals surface area contributed by atoms with Crippen molar-refractivity contribution in [2.24, 2.45) is 5.92 Å². The van der Waals surface area contributed by atoms with E-state index in [1.807, 2.05) is 12.1 Å². The highest BCUT2D eigenvalue weighted by Gasteiger charge is 2.35. The molecule has 0 radical (unpaired) electrons. The summed E-state index contributed by atoms with van der Waals surface area (Å²) in [4.78, 5) is 2.50. The summed E-state index contributed by atoms with van der Waals surface area (Å²) in [6.45, 7) is 4.05. The molecule has 1 aromatic rings. The van der Waals surface area contributed by atoms with E-state index in [1.54, 1.807) is 0 Å². The van der Waals surface area contributed by atoms with Crippen LogP contribution >= 0.6 is 52.3 Å². The van der Waals surface area contributed by atoms with Gasteiger partial charge in [0.15, 0.2) is 0 Å². The molecule has 1 saturated carbocycles. The molecule has 7 heteroatoms. The van der Waals surface area contributed by atoms with Gasteiger partial charge < -0.3 is 10.4 Å². The Morgan fingerprint density at radius 3 is 2.39 bits per heavy atom. The minimum absolute atomic E-state index is 0. The van der Waals surface area contributed by atoms with Crippen LogP contribution in [0.3, 0.4) is 0 Å². The third-order valence-corrected chi connectivity index (χ3v) is 5.77. The number of phenols is 1. The summed E-state index contributed by atoms with van der Waals surface area (Å²) in [5.74, 6) is 0.915. The summed E-state index contributed by atoms with van der Waals surface area (Å²) >= 11 is 9.91. The van der Waals surface area contributed by atoms with E-state index < -0.39 is 0 Å². The van der Waals surface area contributed by atoms with Crippen LogP contribution in [0.15, 0.2) is 16.6 Å². The SMILES string of the molecule is Cl.Cl.Oc1c(Br)ccc(Cl)c1[C@H](C1CCCC1)N1CCNCC1. The fourth-order valence-electron chi connectivity index (χ4n) is 3.79. The number of piperazine rings is 1. The van der Waals surface area contributed by atoms with E-state index in [0.717, 1.165) is 36.2 Å². The van der Waals surface area contributed by atoms with Crippen LogP contribution in [0.25, 0.3) is 0 Å². The van der Waals surface area contributed by atoms with E-state index in [-0.39, 0.29) is 30.9 Å². The van der Waals surface area contributed by atoms with Gasteiger partial charge in [-0.3, -0.25) is 4.90 Å². The minimum atomic E-state index is 0. The van der Waals surface area contributed by atoms with Crippen molar-refractivity contribution in [3.05, 3.63) is 27.2 Å². The Morgan fingerprint density at radius 1 is 1.17 bits per heavy atom. The molecule has 3 nitrogen and oxygen atoms in total. The Bertz CT molecular complexity index is 506. The second kappa shape index (κ2) is 9.69. The highest BCUT2D eigenvalue weighted by Crippen LogP contribution is 2.47. The molecule has 1 aliphatic carbocycles. The van der Waals surface area contributed by atoms with E-state index in [4.69, 9.17) is 11.6 Å². The quantitative estimate of drug-likeness (QED) is 0.701. The van der Waals surface area contributed by atoms with Gasteiger partial charge in [0.2, 0.25) is 0 Å². The van der Waals surface area contributed by atoms with E-state index in [1.165, 1.54) is 25.7 Å². The first-order chi connectivity index (χ1) is 10.2. The zero-order valence-corrected chi connectivity index (χ0v) is 16.9. The molecular weight excluding hydrogens is 422 g/mol. The van der Waals surface area contributed by atoms with Gasteiger partial charge in [0.25, 0.3) is 0 Å². The molecule has 23 heavy (non-hydrogen) atoms. The van der Waals surface area contributed by atoms with Crippen molar-refractivity contribution >= 4 is 52.3 Å². The average molecular weight is 447 g/mol. The number of hydrogen-bond acceptors (Lipinski definition) is 3. The van der Waals surface area contributed by atoms with Crippen molar-refractivity contribution in [2.75, 3.05) is 26.2 Å². The molecule has 0 amide bonds. The van der Waals surface area contributed by atoms with Gasteiger partial charge >= 0.3 is 0 Å². The zero-order valence-electron chi connectivity index (χ0n) is 12.9. The summed E-state index contributed by atoms with van der Waals surface area (Å²) in [7, 11) is 0. The fraction of sp³-hybridized carbons (Fsp3) is 0.625. The lowest BCUT2D eigenvalue weighted by Crippen LogP contribution is -2.46. The Balaban J connectivity index is 0.00000132. The molecule has 2 fully saturated rings. The number of benzene rings is 1. The number of rotatable bonds is 3. The number of nitrogens with zero attached hydrogens (tertiary/aromatic N) is 1. The van der Waals surface area contributed by atoms with Gasteiger partial charge in [-0.2, -0.15) is 0 Å². The lowest BCUT2D eigenvalue weighted by molar-refractivity contribution is 0.123. The molecule has 2 aliphatic rings. The van der Waals surface area contributed by atoms with Gasteiger partial charge in [-0.25, -0.2) is 0 Å². The van der Waals surface area contributed by atoms with Crippen molar-refractivity contribution in [3.63, 3.8) is 0 Å². The Kier molecular flexibility index (Phi) is 8.99. The minimum Gasteiger partial charge on any atom is -0.506 e. The van der Waals surface area contributed by atoms with Gasteiger partial charge in [0, 0.05) is 42.8 Å². The topological polar surface area (TPSA) is 35.5 Å². The molecule has 2 N–H and O–H groups in total. The van der Waals surface area contributed by atoms with Crippen LogP contribution in [0.2, 0.25) is 5.02 Å². The zero-order chi connectivity index (χ0) is 14.8. The predicted octanol–water partition coefficient (Wildman–Crippen LogP) is 4.79. The number of phenolic OH excluding ortho intramolecular Hbond substituents is 1. The third kappa shape index (κ3) is 4.68. The maximum atomic E-state index is 10.6. The fourth-order valence-corrected chi connectivity index (χ4v) is 4.40. The highest BCUT2D eigenvalue weighted by molar-refractivity contribution is 9.10. The number of aromatic hydroxyl groups is 1. The van der Waals surface area contributed by atoms with Crippen LogP contribution in [-0.2, 0) is 0 Å². The van der Waals surface area contributed by atoms with E-state index in [9.17, 15) is 5.11 Å². The molecule has 1 atom stereocenters. The lowest BCUT2D eigenvalue weighted by Gasteiger charge is -2.39. The average Bonchev–Trinajstić information content (AvgIpc) is 3.02. The van der Waals surface area contributed by atoms with Crippen molar-refractivity contribution in [3.8, 4) is 5.75 Å². The molecule has 132 valence electrons. The predicted molar refractivity (Wildman–Crippen MR) is 104 cm³/mol. The summed E-state index contributed by atoms with van der Waals surface area (Å²) < 4.78 is 0.736. The summed E-state index contributed by atoms with van der Waals surface area (Å²) in [5.41, 5.74) is 0.917. The second-order valence-corrected chi connectivity index (χ2v) is 7.33. The van der Waals surface area contributed by atoms with Gasteiger partial charge in [-0.15, -0.1) is 24.8 Å². The molecule has 0 bridgehead atoms. The molecule has 1 aromatic carbocycles. The molecule has 0 spiro atoms. The first-order valence-corrected chi connectivity index (χ1v) is 8.97. The number of halogens is 4. The normalized spacial score (nSPS) is 20.6. The van der Waals surface area contributed by atoms with Crippen molar-refractivity contribution in [2.45, 2.75) is 31.7 Å². The Labute approximate surface area is 164 Å². The highest BCUT2D eigenvalue weighted by atomic mass is 79.9. The van der Waals surface area contributed by atoms with Crippen LogP contribution in [-0.4, -0.2) is 36.2 Å². The van der Waals surface area contributed by atoms with E-state index in [2.05, 4.69) is 26.1 Å². The maximum Gasteiger partial charge on any atom is 0.136 e. The smallest absolute Gasteiger partial charge is 0.136 e. The number of hydrogen-bond donors (Lipinski definition) is 2. The van der Waals surface area contributed by atoms with Crippen molar-refractivity contribution in [1.82, 2.24) is 10.2 Å². The second-order valence-electron chi connectivity index (χ2n) is 6.07. The van der Waals surface area contributed by atoms with Gasteiger partial charge in [-0.1, -0.05) is 24.4 Å². The molecule has 1 heterocycles. The van der Waals surface area contributed by atoms with Gasteiger partial charge in [0.05, 0.1) is 4.47 Å². The van der Waals surface area contributed by atoms with Crippen LogP contribution in [0.4, 0.5) is 0 Å². The van der Waals surface area contributed by atoms with E-state index in [0.29, 0.717) is 16.7 Å². The van der Waals surface area contributed by atoms with Crippen LogP contribution < -0.4 is 5.32 Å². The summed E-state index contributed by atoms with van der Waals surface area (Å²) in [6.07, 6.45) is 5.05. The van der Waals surface area contributed by atoms with Gasteiger partial charge in [0.1, 0.15) is 5.75 Å². The Morgan fingerprint density at radius 2 is 1.78 bits per heavy atom. The van der Waals surface area contributed by atoms with E-state index >= 15 is 0 Å². The molecule has 1 saturated heterocycles. The first kappa shape index (κ1) is 21.3. The summed E-state index contributed by atoms with van der Waals surface area (Å²) in [5, 5.41) is 14.7. The largest absolute Gasteiger partial charge is 0.506 e. The monoisotopic (exact) mass is 444 g/mol. The van der Waals surface area contributed by atoms with Crippen LogP contribution in [0.5, 0.6) is 5.75 Å². The standard InChI is InChI=1S/C16H22BrClN2O.2ClH/c17-12-5-6-13(18)14(16(12)21)15(11-3-1-2-4-11)20-9-7-19-8-10-20;;/h5-6,11,15,19,21H,1-4,7-10H2;2*1H/t15-;;/m0../s1. The first-order valence-electron chi connectivity index (χ1n) is 7.80. The van der Waals surface area contributed by atoms with Crippen molar-refractivity contribution in [1.29, 1.82) is 0 Å². The Hall–Kier alpha value is 0.290. The maximum absolute atomic E-state index is 10.6. The van der Waals surface area contributed by atoms with Crippen LogP contribution in [0.1, 0.15) is 37.3 Å². The van der Waals surface area contributed by atoms with Crippen molar-refractivity contribution < 1.29 is 5.11 Å². The molecule has 0 aromatic heterocycles. The van der Waals surface area contributed by atoms with Gasteiger partial charge in [-0.05, 0) is 46.8 Å². The molecule has 1 aliphatic heterocycles. The number of nitrogens with one attached hydrogen (secondary N) is 1. The molecule has 3 rings (SSSR count). The molecular formula is C16H24BrCl3N2O. The third-order valence-electron chi connectivity index (χ3n) is 4.80. The summed E-state index contributed by atoms with van der Waals surface area (Å²) in [6, 6.07) is 3.95. The molecule has 0 unspecified atom stereocenters. The lowest BCUT2D eigenvalue weighted by atomic mass is 9.89.